The fraction of sp³-hybridized carbons (Fsp3) is 0.250. The third-order valence-electron chi connectivity index (χ3n) is 3.45. The zero-order valence-corrected chi connectivity index (χ0v) is 12.5. The Kier molecular flexibility index (Phi) is 4.90. The van der Waals surface area contributed by atoms with Crippen molar-refractivity contribution in [1.82, 2.24) is 10.6 Å². The number of hydrogen-bond acceptors (Lipinski definition) is 5. The van der Waals surface area contributed by atoms with Gasteiger partial charge < -0.3 is 15.4 Å². The van der Waals surface area contributed by atoms with Crippen molar-refractivity contribution in [3.8, 4) is 0 Å². The van der Waals surface area contributed by atoms with E-state index in [9.17, 15) is 19.2 Å². The number of rotatable bonds is 7. The summed E-state index contributed by atoms with van der Waals surface area (Å²) in [5.41, 5.74) is 1.42. The van der Waals surface area contributed by atoms with Crippen LogP contribution in [0.3, 0.4) is 0 Å². The molecule has 0 saturated heterocycles. The van der Waals surface area contributed by atoms with Gasteiger partial charge in [-0.3, -0.25) is 9.59 Å². The van der Waals surface area contributed by atoms with Gasteiger partial charge in [0.15, 0.2) is 0 Å². The molecule has 0 spiro atoms. The molecule has 1 aromatic carbocycles. The molecule has 1 aliphatic rings. The molecule has 0 saturated carbocycles. The summed E-state index contributed by atoms with van der Waals surface area (Å²) < 4.78 is 4.53. The van der Waals surface area contributed by atoms with E-state index in [-0.39, 0.29) is 17.0 Å². The lowest BCUT2D eigenvalue weighted by atomic mass is 9.98. The molecule has 0 radical (unpaired) electrons. The number of benzene rings is 1. The second kappa shape index (κ2) is 6.87. The van der Waals surface area contributed by atoms with Crippen molar-refractivity contribution in [1.29, 1.82) is 0 Å². The molecule has 0 bridgehead atoms. The predicted molar refractivity (Wildman–Crippen MR) is 80.6 cm³/mol. The van der Waals surface area contributed by atoms with Crippen LogP contribution in [0.1, 0.15) is 45.7 Å². The van der Waals surface area contributed by atoms with Crippen molar-refractivity contribution in [2.24, 2.45) is 0 Å². The van der Waals surface area contributed by atoms with Crippen LogP contribution in [0.4, 0.5) is 0 Å². The van der Waals surface area contributed by atoms with Crippen molar-refractivity contribution in [3.05, 3.63) is 47.0 Å². The van der Waals surface area contributed by atoms with Gasteiger partial charge in [0.25, 0.3) is 0 Å². The standard InChI is InChI=1S/C16H16N2O5/c1-9(2)14(20)17-6-5-13(18-8-19)10-3-4-11-12(7-10)16(22)23-15(11)21/h3-4,7-8,13H,1,5-6H2,2H3,(H,17,20)(H,18,19). The minimum absolute atomic E-state index is 0.177. The SMILES string of the molecule is C=C(C)C(=O)NCCC(NC=O)c1ccc2c(c1)C(=O)OC2=O. The summed E-state index contributed by atoms with van der Waals surface area (Å²) in [4.78, 5) is 45.2. The molecule has 1 aromatic rings. The molecule has 23 heavy (non-hydrogen) atoms. The molecule has 2 N–H and O–H groups in total. The smallest absolute Gasteiger partial charge is 0.346 e. The van der Waals surface area contributed by atoms with Crippen LogP contribution in [-0.4, -0.2) is 30.8 Å². The molecular weight excluding hydrogens is 300 g/mol. The summed E-state index contributed by atoms with van der Waals surface area (Å²) in [7, 11) is 0. The van der Waals surface area contributed by atoms with E-state index in [1.54, 1.807) is 13.0 Å². The number of esters is 2. The maximum absolute atomic E-state index is 11.6. The van der Waals surface area contributed by atoms with Crippen LogP contribution in [0.25, 0.3) is 0 Å². The van der Waals surface area contributed by atoms with E-state index < -0.39 is 18.0 Å². The number of hydrogen-bond donors (Lipinski definition) is 2. The van der Waals surface area contributed by atoms with Crippen LogP contribution in [0.2, 0.25) is 0 Å². The van der Waals surface area contributed by atoms with E-state index in [0.29, 0.717) is 30.5 Å². The molecule has 1 atom stereocenters. The fourth-order valence-corrected chi connectivity index (χ4v) is 2.23. The van der Waals surface area contributed by atoms with Crippen LogP contribution in [0.5, 0.6) is 0 Å². The lowest BCUT2D eigenvalue weighted by Crippen LogP contribution is -2.29. The largest absolute Gasteiger partial charge is 0.386 e. The van der Waals surface area contributed by atoms with Crippen molar-refractivity contribution in [2.75, 3.05) is 6.54 Å². The highest BCUT2D eigenvalue weighted by atomic mass is 16.6. The monoisotopic (exact) mass is 316 g/mol. The maximum atomic E-state index is 11.6. The highest BCUT2D eigenvalue weighted by molar-refractivity contribution is 6.14. The molecule has 2 rings (SSSR count). The average Bonchev–Trinajstić information content (AvgIpc) is 2.80. The quantitative estimate of drug-likeness (QED) is 0.336. The third kappa shape index (κ3) is 3.63. The second-order valence-corrected chi connectivity index (χ2v) is 5.14. The number of ether oxygens (including phenoxy) is 1. The highest BCUT2D eigenvalue weighted by Crippen LogP contribution is 2.25. The molecule has 7 nitrogen and oxygen atoms in total. The number of amides is 2. The second-order valence-electron chi connectivity index (χ2n) is 5.14. The summed E-state index contributed by atoms with van der Waals surface area (Å²) in [6, 6.07) is 4.24. The van der Waals surface area contributed by atoms with Crippen LogP contribution in [0, 0.1) is 0 Å². The first-order valence-corrected chi connectivity index (χ1v) is 6.98. The van der Waals surface area contributed by atoms with Gasteiger partial charge in [0.2, 0.25) is 12.3 Å². The van der Waals surface area contributed by atoms with Gasteiger partial charge in [-0.2, -0.15) is 0 Å². The maximum Gasteiger partial charge on any atom is 0.346 e. The fourth-order valence-electron chi connectivity index (χ4n) is 2.23. The first-order valence-electron chi connectivity index (χ1n) is 6.98. The first kappa shape index (κ1) is 16.4. The van der Waals surface area contributed by atoms with Gasteiger partial charge in [0.1, 0.15) is 0 Å². The molecule has 0 fully saturated rings. The zero-order chi connectivity index (χ0) is 17.0. The lowest BCUT2D eigenvalue weighted by Gasteiger charge is -2.17. The van der Waals surface area contributed by atoms with Crippen LogP contribution in [0.15, 0.2) is 30.4 Å². The van der Waals surface area contributed by atoms with Crippen LogP contribution in [-0.2, 0) is 14.3 Å². The number of carbonyl (C=O) groups is 4. The van der Waals surface area contributed by atoms with Crippen LogP contribution < -0.4 is 10.6 Å². The molecule has 1 aliphatic heterocycles. The Morgan fingerprint density at radius 1 is 1.30 bits per heavy atom. The van der Waals surface area contributed by atoms with Crippen molar-refractivity contribution in [2.45, 2.75) is 19.4 Å². The summed E-state index contributed by atoms with van der Waals surface area (Å²) in [6.45, 7) is 5.45. The predicted octanol–water partition coefficient (Wildman–Crippen LogP) is 0.867. The first-order chi connectivity index (χ1) is 10.9. The van der Waals surface area contributed by atoms with E-state index in [0.717, 1.165) is 0 Å². The molecule has 120 valence electrons. The number of carbonyl (C=O) groups excluding carboxylic acids is 4. The molecule has 2 amide bonds. The van der Waals surface area contributed by atoms with Gasteiger partial charge in [-0.15, -0.1) is 0 Å². The zero-order valence-electron chi connectivity index (χ0n) is 12.5. The van der Waals surface area contributed by atoms with Gasteiger partial charge in [0, 0.05) is 12.1 Å². The Balaban J connectivity index is 2.12. The Morgan fingerprint density at radius 3 is 2.65 bits per heavy atom. The summed E-state index contributed by atoms with van der Waals surface area (Å²) >= 11 is 0. The van der Waals surface area contributed by atoms with Crippen LogP contribution >= 0.6 is 0 Å². The molecule has 7 heteroatoms. The Bertz CT molecular complexity index is 696. The Morgan fingerprint density at radius 2 is 2.00 bits per heavy atom. The number of fused-ring (bicyclic) bond motifs is 1. The van der Waals surface area contributed by atoms with Gasteiger partial charge in [-0.1, -0.05) is 12.6 Å². The number of nitrogens with one attached hydrogen (secondary N) is 2. The van der Waals surface area contributed by atoms with Crippen molar-refractivity contribution >= 4 is 24.3 Å². The van der Waals surface area contributed by atoms with Gasteiger partial charge in [-0.05, 0) is 31.0 Å². The van der Waals surface area contributed by atoms with Gasteiger partial charge >= 0.3 is 11.9 Å². The normalized spacial score (nSPS) is 13.8. The van der Waals surface area contributed by atoms with E-state index in [1.807, 2.05) is 0 Å². The summed E-state index contributed by atoms with van der Waals surface area (Å²) in [6.07, 6.45) is 0.960. The average molecular weight is 316 g/mol. The van der Waals surface area contributed by atoms with E-state index in [4.69, 9.17) is 0 Å². The summed E-state index contributed by atoms with van der Waals surface area (Å²) in [5, 5.41) is 5.30. The topological polar surface area (TPSA) is 102 Å². The Labute approximate surface area is 132 Å². The summed E-state index contributed by atoms with van der Waals surface area (Å²) in [5.74, 6) is -1.64. The van der Waals surface area contributed by atoms with Crippen molar-refractivity contribution < 1.29 is 23.9 Å². The van der Waals surface area contributed by atoms with E-state index >= 15 is 0 Å². The van der Waals surface area contributed by atoms with E-state index in [2.05, 4.69) is 21.9 Å². The molecule has 0 aliphatic carbocycles. The Hall–Kier alpha value is -2.96. The minimum Gasteiger partial charge on any atom is -0.386 e. The molecule has 0 aromatic heterocycles. The minimum atomic E-state index is -0.702. The third-order valence-corrected chi connectivity index (χ3v) is 3.45. The lowest BCUT2D eigenvalue weighted by molar-refractivity contribution is -0.117. The van der Waals surface area contributed by atoms with E-state index in [1.165, 1.54) is 12.1 Å². The van der Waals surface area contributed by atoms with Crippen molar-refractivity contribution in [3.63, 3.8) is 0 Å². The van der Waals surface area contributed by atoms with Gasteiger partial charge in [0.05, 0.1) is 17.2 Å². The number of cyclic esters (lactones) is 2. The molecule has 1 heterocycles. The molecule has 1 unspecified atom stereocenters. The highest BCUT2D eigenvalue weighted by Gasteiger charge is 2.30. The van der Waals surface area contributed by atoms with Gasteiger partial charge in [-0.25, -0.2) is 9.59 Å². The molecular formula is C16H16N2O5.